The maximum atomic E-state index is 13.0. The number of amides is 2. The highest BCUT2D eigenvalue weighted by Gasteiger charge is 2.30. The van der Waals surface area contributed by atoms with Gasteiger partial charge < -0.3 is 26.8 Å². The van der Waals surface area contributed by atoms with Gasteiger partial charge >= 0.3 is 6.09 Å². The van der Waals surface area contributed by atoms with Gasteiger partial charge in [0.25, 0.3) is 0 Å². The number of nitrogens with zero attached hydrogens (tertiary/aromatic N) is 3. The lowest BCUT2D eigenvalue weighted by atomic mass is 10.0. The highest BCUT2D eigenvalue weighted by molar-refractivity contribution is 6.14. The molecule has 0 spiro atoms. The Morgan fingerprint density at radius 1 is 1.23 bits per heavy atom. The molecule has 3 atom stereocenters. The van der Waals surface area contributed by atoms with Gasteiger partial charge in [-0.2, -0.15) is 0 Å². The molecule has 3 rings (SSSR count). The van der Waals surface area contributed by atoms with Crippen LogP contribution in [-0.2, 0) is 9.53 Å². The van der Waals surface area contributed by atoms with Crippen molar-refractivity contribution in [3.63, 3.8) is 0 Å². The van der Waals surface area contributed by atoms with E-state index in [-0.39, 0.29) is 18.0 Å². The van der Waals surface area contributed by atoms with Crippen LogP contribution in [0.25, 0.3) is 0 Å². The molecule has 0 aromatic heterocycles. The normalized spacial score (nSPS) is 23.0. The largest absolute Gasteiger partial charge is 0.449 e. The van der Waals surface area contributed by atoms with E-state index in [2.05, 4.69) is 9.98 Å². The number of nitrogens with two attached hydrogens (primary N) is 3. The summed E-state index contributed by atoms with van der Waals surface area (Å²) in [6, 6.07) is 4.65. The lowest BCUT2D eigenvalue weighted by molar-refractivity contribution is -0.118. The van der Waals surface area contributed by atoms with Gasteiger partial charge in [0.15, 0.2) is 0 Å². The van der Waals surface area contributed by atoms with Crippen molar-refractivity contribution in [1.29, 1.82) is 0 Å². The molecule has 2 amide bonds. The number of piperidine rings is 1. The van der Waals surface area contributed by atoms with E-state index >= 15 is 0 Å². The Morgan fingerprint density at radius 2 is 1.94 bits per heavy atom. The predicted octanol–water partition coefficient (Wildman–Crippen LogP) is 1.33. The van der Waals surface area contributed by atoms with Crippen LogP contribution in [0, 0.1) is 17.7 Å². The maximum Gasteiger partial charge on any atom is 0.409 e. The number of amidine groups is 1. The monoisotopic (exact) mass is 432 g/mol. The van der Waals surface area contributed by atoms with Crippen molar-refractivity contribution in [3.8, 4) is 0 Å². The van der Waals surface area contributed by atoms with Gasteiger partial charge in [-0.3, -0.25) is 9.79 Å². The molecule has 1 aromatic rings. The van der Waals surface area contributed by atoms with Gasteiger partial charge in [-0.15, -0.1) is 0 Å². The predicted molar refractivity (Wildman–Crippen MR) is 116 cm³/mol. The van der Waals surface area contributed by atoms with Crippen LogP contribution >= 0.6 is 0 Å². The first kappa shape index (κ1) is 22.7. The molecule has 1 saturated heterocycles. The average Bonchev–Trinajstić information content (AvgIpc) is 3.55. The molecule has 1 saturated carbocycles. The molecule has 2 aliphatic rings. The Balaban J connectivity index is 1.55. The maximum absolute atomic E-state index is 13.0. The van der Waals surface area contributed by atoms with E-state index in [4.69, 9.17) is 21.9 Å². The zero-order valence-electron chi connectivity index (χ0n) is 17.3. The summed E-state index contributed by atoms with van der Waals surface area (Å²) in [7, 11) is 0. The minimum atomic E-state index is -1.03. The van der Waals surface area contributed by atoms with Crippen LogP contribution in [0.15, 0.2) is 34.3 Å². The molecular formula is C21H29FN6O3. The molecule has 9 nitrogen and oxygen atoms in total. The molecule has 1 heterocycles. The van der Waals surface area contributed by atoms with Crippen molar-refractivity contribution in [1.82, 2.24) is 4.90 Å². The SMILES string of the molecule is NC(=O)C(C=NC1CCN(C(=O)OCCC2CC2)CC1N)C(N)=Nc1ccc(F)cc1. The number of aliphatic imine (C=N–C) groups is 2. The molecule has 1 aliphatic carbocycles. The van der Waals surface area contributed by atoms with Crippen LogP contribution in [-0.4, -0.2) is 60.7 Å². The summed E-state index contributed by atoms with van der Waals surface area (Å²) in [4.78, 5) is 34.1. The fraction of sp³-hybridized carbons (Fsp3) is 0.524. The highest BCUT2D eigenvalue weighted by atomic mass is 19.1. The van der Waals surface area contributed by atoms with Crippen molar-refractivity contribution >= 4 is 29.7 Å². The van der Waals surface area contributed by atoms with Crippen LogP contribution in [0.1, 0.15) is 25.7 Å². The first-order valence-electron chi connectivity index (χ1n) is 10.4. The number of primary amides is 1. The van der Waals surface area contributed by atoms with E-state index < -0.39 is 23.7 Å². The number of halogens is 1. The van der Waals surface area contributed by atoms with Crippen LogP contribution in [0.3, 0.4) is 0 Å². The molecule has 2 fully saturated rings. The lowest BCUT2D eigenvalue weighted by Crippen LogP contribution is -2.52. The smallest absolute Gasteiger partial charge is 0.409 e. The standard InChI is InChI=1S/C21H29FN6O3/c22-14-3-5-15(6-4-14)27-19(24)16(20(25)29)11-26-18-7-9-28(12-17(18)23)21(30)31-10-8-13-1-2-13/h3-6,11,13,16-18H,1-2,7-10,12,23H2,(H2,24,27)(H2,25,29). The summed E-state index contributed by atoms with van der Waals surface area (Å²) in [6.07, 6.45) is 4.86. The number of hydrogen-bond donors (Lipinski definition) is 3. The summed E-state index contributed by atoms with van der Waals surface area (Å²) in [5, 5.41) is 0. The van der Waals surface area contributed by atoms with E-state index in [0.717, 1.165) is 6.42 Å². The number of benzene rings is 1. The number of carbonyl (C=O) groups is 2. The van der Waals surface area contributed by atoms with E-state index in [1.54, 1.807) is 4.90 Å². The number of rotatable bonds is 8. The fourth-order valence-electron chi connectivity index (χ4n) is 3.36. The van der Waals surface area contributed by atoms with Gasteiger partial charge in [-0.05, 0) is 43.0 Å². The second kappa shape index (κ2) is 10.3. The first-order valence-corrected chi connectivity index (χ1v) is 10.4. The van der Waals surface area contributed by atoms with Crippen LogP contribution in [0.2, 0.25) is 0 Å². The Morgan fingerprint density at radius 3 is 2.55 bits per heavy atom. The van der Waals surface area contributed by atoms with Crippen LogP contribution < -0.4 is 17.2 Å². The van der Waals surface area contributed by atoms with Crippen molar-refractivity contribution in [3.05, 3.63) is 30.1 Å². The molecule has 6 N–H and O–H groups in total. The Bertz CT molecular complexity index is 840. The molecule has 10 heteroatoms. The zero-order chi connectivity index (χ0) is 22.4. The summed E-state index contributed by atoms with van der Waals surface area (Å²) in [5.41, 5.74) is 18.0. The fourth-order valence-corrected chi connectivity index (χ4v) is 3.36. The average molecular weight is 433 g/mol. The third-order valence-corrected chi connectivity index (χ3v) is 5.46. The Kier molecular flexibility index (Phi) is 7.56. The van der Waals surface area contributed by atoms with Crippen molar-refractivity contribution in [2.24, 2.45) is 39.0 Å². The van der Waals surface area contributed by atoms with Gasteiger partial charge in [-0.1, -0.05) is 12.8 Å². The van der Waals surface area contributed by atoms with E-state index in [1.807, 2.05) is 0 Å². The van der Waals surface area contributed by atoms with Crippen molar-refractivity contribution in [2.75, 3.05) is 19.7 Å². The minimum Gasteiger partial charge on any atom is -0.449 e. The topological polar surface area (TPSA) is 149 Å². The van der Waals surface area contributed by atoms with Crippen molar-refractivity contribution < 1.29 is 18.7 Å². The third-order valence-electron chi connectivity index (χ3n) is 5.46. The molecule has 31 heavy (non-hydrogen) atoms. The summed E-state index contributed by atoms with van der Waals surface area (Å²) < 4.78 is 18.3. The molecule has 0 radical (unpaired) electrons. The molecular weight excluding hydrogens is 403 g/mol. The number of hydrogen-bond acceptors (Lipinski definition) is 6. The van der Waals surface area contributed by atoms with E-state index in [1.165, 1.54) is 43.3 Å². The zero-order valence-corrected chi connectivity index (χ0v) is 17.3. The van der Waals surface area contributed by atoms with Gasteiger partial charge in [0, 0.05) is 25.3 Å². The Labute approximate surface area is 180 Å². The summed E-state index contributed by atoms with van der Waals surface area (Å²) in [6.45, 7) is 1.20. The minimum absolute atomic E-state index is 0.0480. The molecule has 3 unspecified atom stereocenters. The van der Waals surface area contributed by atoms with Gasteiger partial charge in [0.05, 0.1) is 18.3 Å². The molecule has 1 aliphatic heterocycles. The number of ether oxygens (including phenoxy) is 1. The molecule has 168 valence electrons. The van der Waals surface area contributed by atoms with Gasteiger partial charge in [0.1, 0.15) is 17.6 Å². The van der Waals surface area contributed by atoms with Crippen molar-refractivity contribution in [2.45, 2.75) is 37.8 Å². The summed E-state index contributed by atoms with van der Waals surface area (Å²) in [5.74, 6) is -1.49. The van der Waals surface area contributed by atoms with Crippen LogP contribution in [0.4, 0.5) is 14.9 Å². The van der Waals surface area contributed by atoms with E-state index in [9.17, 15) is 14.0 Å². The van der Waals surface area contributed by atoms with Gasteiger partial charge in [-0.25, -0.2) is 14.2 Å². The number of carbonyl (C=O) groups excluding carboxylic acids is 2. The summed E-state index contributed by atoms with van der Waals surface area (Å²) >= 11 is 0. The lowest BCUT2D eigenvalue weighted by Gasteiger charge is -2.34. The number of likely N-dealkylation sites (tertiary alicyclic amines) is 1. The second-order valence-corrected chi connectivity index (χ2v) is 8.00. The third kappa shape index (κ3) is 6.74. The molecule has 1 aromatic carbocycles. The highest BCUT2D eigenvalue weighted by Crippen LogP contribution is 2.32. The quantitative estimate of drug-likeness (QED) is 0.418. The van der Waals surface area contributed by atoms with Gasteiger partial charge in [0.2, 0.25) is 5.91 Å². The van der Waals surface area contributed by atoms with Crippen LogP contribution in [0.5, 0.6) is 0 Å². The van der Waals surface area contributed by atoms with E-state index in [0.29, 0.717) is 37.7 Å². The Hall–Kier alpha value is -3.01. The molecule has 0 bridgehead atoms. The first-order chi connectivity index (χ1) is 14.8. The second-order valence-electron chi connectivity index (χ2n) is 8.00.